The van der Waals surface area contributed by atoms with E-state index in [4.69, 9.17) is 152 Å². The Kier molecular flexibility index (Phi) is 5.67. The van der Waals surface area contributed by atoms with E-state index in [2.05, 4.69) is 0 Å². The summed E-state index contributed by atoms with van der Waals surface area (Å²) < 4.78 is 866. The van der Waals surface area contributed by atoms with Crippen molar-refractivity contribution in [2.45, 2.75) is 322 Å². The molecule has 0 fully saturated rings. The summed E-state index contributed by atoms with van der Waals surface area (Å²) in [6.07, 6.45) is 0. The van der Waals surface area contributed by atoms with Crippen LogP contribution < -0.4 is 0 Å². The van der Waals surface area contributed by atoms with Crippen LogP contribution in [0.5, 0.6) is 0 Å². The molecule has 504 valence electrons. The highest BCUT2D eigenvalue weighted by molar-refractivity contribution is 5.47. The maximum atomic E-state index is 8.12. The van der Waals surface area contributed by atoms with E-state index in [1.54, 1.807) is 0 Å². The SMILES string of the molecule is [2H]C([2H])([2H])C(c1cc(C(C([2H])([2H])[2H])(C([2H])([2H])[2H])C([2H])([2H])[2H])c(C)c(C(C([2H])([2H])[2H])(C([2H])([2H])[2H])C([2H])([2H])[2H])c1)(C([2H])([2H])[2H])C([2H])([2H])[2H].[2H]C([2H])([2H])C(c1cc(C)cc(C(C([2H])([2H])[2H])(C([2H])([2H])[2H])C([2H])([2H])[2H])c1)(C([2H])([2H])[2H])C([2H])([2H])[2H].[2H]C([2H])([2H])c1cccc(C(C([2H])([2H])[2H])(C([2H])([2H])[2H])C([2H])([2H])[2H])c1C.[2H]c1c([2H])c(C(C([2H])([2H])[2H])(C([2H])([2H])[2H])C([2H])([2H])[2H])c([2H])c([2H])c1C.[2H]c1c([2H])c(C([2H])([2H])[2H])c(C)c(C(C([2H])([2H])[2H])(C([2H])([2H])[2H])C([2H])([2H])[2H])c1[2H].[2H]c1c([2H])c(C)c([2H])c(C(C([2H])([2H])[2H])(C([2H])([2H])[2H])C([2H])([2H])[2H])c1[2H].[2H]c1c([2H])c([2H])c(C(C([2H])([2H])[2H])(C([2H])([2H])[2H])C([2H])([2H])[2H])c(C)c1[2H]. The summed E-state index contributed by atoms with van der Waals surface area (Å²) in [5, 5.41) is 0. The first-order chi connectivity index (χ1) is 86.9. The zero-order valence-electron chi connectivity index (χ0n) is 161. The van der Waals surface area contributed by atoms with Gasteiger partial charge in [0.25, 0.3) is 0 Å². The third-order valence-electron chi connectivity index (χ3n) is 11.3. The van der Waals surface area contributed by atoms with Crippen molar-refractivity contribution in [3.63, 3.8) is 0 Å². The third-order valence-corrected chi connectivity index (χ3v) is 11.3. The van der Waals surface area contributed by atoms with Crippen LogP contribution in [0.15, 0.2) is 139 Å². The number of benzene rings is 7. The highest BCUT2D eigenvalue weighted by atomic mass is 14.3. The normalized spacial score (nSPS) is 34.7. The molecule has 0 atom stereocenters. The molecule has 91 heavy (non-hydrogen) atoms. The third kappa shape index (κ3) is 28.7. The second-order valence-electron chi connectivity index (χ2n) is 20.0. The first kappa shape index (κ1) is 15.8. The zero-order chi connectivity index (χ0) is 164. The van der Waals surface area contributed by atoms with Gasteiger partial charge < -0.3 is 0 Å². The lowest BCUT2D eigenvalue weighted by atomic mass is 9.73. The van der Waals surface area contributed by atoms with Crippen molar-refractivity contribution in [1.29, 1.82) is 0 Å². The van der Waals surface area contributed by atoms with Crippen LogP contribution in [0, 0.1) is 62.2 Å². The molecular formula is C91H140. The summed E-state index contributed by atoms with van der Waals surface area (Å²) in [5.74, 6) is 0. The molecule has 0 heteroatoms. The molecule has 0 bridgehead atoms. The van der Waals surface area contributed by atoms with Gasteiger partial charge in [0.2, 0.25) is 0 Å². The smallest absolute Gasteiger partial charge is 0.0620 e. The summed E-state index contributed by atoms with van der Waals surface area (Å²) in [5.41, 5.74) is -52.7. The highest BCUT2D eigenvalue weighted by Gasteiger charge is 2.28. The Balaban J connectivity index is 0.00000120. The topological polar surface area (TPSA) is 0 Å². The van der Waals surface area contributed by atoms with Crippen LogP contribution in [0.3, 0.4) is 0 Å². The molecule has 0 aliphatic carbocycles. The maximum Gasteiger partial charge on any atom is 0.0629 e. The monoisotopic (exact) mass is 1340 g/mol. The lowest BCUT2D eigenvalue weighted by Crippen LogP contribution is -2.23. The predicted octanol–water partition coefficient (Wildman–Crippen LogP) is 27.6. The van der Waals surface area contributed by atoms with Gasteiger partial charge in [0.15, 0.2) is 0 Å². The van der Waals surface area contributed by atoms with Crippen LogP contribution in [-0.2, 0) is 54.1 Å². The van der Waals surface area contributed by atoms with Gasteiger partial charge in [-0.25, -0.2) is 0 Å². The van der Waals surface area contributed by atoms with Crippen molar-refractivity contribution < 1.29 is 152 Å². The van der Waals surface area contributed by atoms with Gasteiger partial charge in [-0.1, -0.05) is 361 Å². The molecule has 0 nitrogen and oxygen atoms in total. The minimum Gasteiger partial charge on any atom is -0.0620 e. The lowest BCUT2D eigenvalue weighted by molar-refractivity contribution is 0.542. The predicted molar refractivity (Wildman–Crippen MR) is 415 cm³/mol. The van der Waals surface area contributed by atoms with Crippen LogP contribution in [0.1, 0.15) is 463 Å². The van der Waals surface area contributed by atoms with Gasteiger partial charge in [0.1, 0.15) is 0 Å². The molecule has 7 rings (SSSR count). The molecule has 0 heterocycles. The van der Waals surface area contributed by atoms with E-state index in [9.17, 15) is 0 Å². The summed E-state index contributed by atoms with van der Waals surface area (Å²) >= 11 is 0. The molecule has 7 aromatic carbocycles. The van der Waals surface area contributed by atoms with Crippen LogP contribution >= 0.6 is 0 Å². The highest BCUT2D eigenvalue weighted by Crippen LogP contribution is 2.38. The van der Waals surface area contributed by atoms with Crippen molar-refractivity contribution in [3.05, 3.63) is 245 Å². The molecule has 0 aliphatic heterocycles. The fourth-order valence-corrected chi connectivity index (χ4v) is 6.75. The number of hydrogen-bond donors (Lipinski definition) is 0. The lowest BCUT2D eigenvalue weighted by Gasteiger charge is -2.32. The molecule has 0 N–H and O–H groups in total. The first-order valence-electron chi connectivity index (χ1n) is 80.6. The second-order valence-corrected chi connectivity index (χ2v) is 20.0. The van der Waals surface area contributed by atoms with E-state index in [0.29, 0.717) is 13.0 Å². The molecule has 0 radical (unpaired) electrons. The van der Waals surface area contributed by atoms with Gasteiger partial charge in [-0.2, -0.15) is 0 Å². The van der Waals surface area contributed by atoms with Crippen molar-refractivity contribution in [2.75, 3.05) is 0 Å². The Labute approximate surface area is 722 Å². The fraction of sp³-hybridized carbons (Fsp3) is 0.538. The Hall–Kier alpha value is -5.46. The van der Waals surface area contributed by atoms with Gasteiger partial charge in [0, 0.05) is 132 Å². The second kappa shape index (κ2) is 32.6. The van der Waals surface area contributed by atoms with Crippen LogP contribution in [0.2, 0.25) is 0 Å². The largest absolute Gasteiger partial charge is 0.0629 e. The minimum atomic E-state index is -4.24. The summed E-state index contributed by atoms with van der Waals surface area (Å²) in [6, 6.07) is -7.06. The van der Waals surface area contributed by atoms with Crippen LogP contribution in [0.4, 0.5) is 0 Å². The van der Waals surface area contributed by atoms with Gasteiger partial charge in [-0.15, -0.1) is 0 Å². The van der Waals surface area contributed by atoms with E-state index in [1.807, 2.05) is 0 Å². The Morgan fingerprint density at radius 1 is 0.242 bits per heavy atom. The van der Waals surface area contributed by atoms with E-state index in [1.165, 1.54) is 39.8 Å². The van der Waals surface area contributed by atoms with Gasteiger partial charge >= 0.3 is 0 Å². The summed E-state index contributed by atoms with van der Waals surface area (Å²) in [7, 11) is 0. The van der Waals surface area contributed by atoms with E-state index in [-0.39, 0.29) is 39.9 Å². The molecule has 0 saturated carbocycles. The van der Waals surface area contributed by atoms with E-state index in [0.717, 1.165) is 32.0 Å². The zero-order valence-corrected chi connectivity index (χ0v) is 49.6. The number of rotatable bonds is 0. The molecule has 0 unspecified atom stereocenters. The van der Waals surface area contributed by atoms with E-state index < -0.39 is 442 Å². The van der Waals surface area contributed by atoms with Crippen molar-refractivity contribution >= 4 is 0 Å². The standard InChI is InChI=1S/C19H32.C15H24.2C12H18.3C11H16/c1-13-15(18(5,6)7)11-14(17(2,3)4)12-16(13)19(8,9)10;1-11-8-12(14(2,3)4)10-13(9-11)15(5,6)7;2*1-9-7-6-8-11(10(9)2)12(3,4)5;1-9-5-7-10(8-6-9)11(2,3)4;1-9-6-5-7-10(8-9)11(2,3)4;1-9-7-5-6-8-10(9)11(2,3)4/h11-12H,1-10H3;8-10H,1-7H3;2*6-8H,1-5H3;3*5-8H,1-4H3/i2D3,3D3,4D3,5D3,6D3,7D3,8D3,9D3,10D3;2D3,3D3,4D3,5D3,6D3,7D3;1D3,3D3,4D3,5D3,6D,7D,8D;1D3,3D3,4D3,5D3;3*2D3,3D3,4D3,5D,6D,7D,8D. The Bertz CT molecular complexity index is 7090. The van der Waals surface area contributed by atoms with Gasteiger partial charge in [0.05, 0.1) is 20.6 Å². The van der Waals surface area contributed by atoms with Crippen LogP contribution in [-0.4, -0.2) is 0 Å². The first-order valence-corrected chi connectivity index (χ1v) is 25.1. The molecule has 0 aromatic heterocycles. The summed E-state index contributed by atoms with van der Waals surface area (Å²) in [6.45, 7) is -112. The van der Waals surface area contributed by atoms with E-state index >= 15 is 0 Å². The Morgan fingerprint density at radius 3 is 1.09 bits per heavy atom. The maximum absolute atomic E-state index is 8.12. The minimum absolute atomic E-state index is 0.0539. The molecule has 0 saturated heterocycles. The fourth-order valence-electron chi connectivity index (χ4n) is 6.75. The van der Waals surface area contributed by atoms with Gasteiger partial charge in [-0.05, 0) is 205 Å². The van der Waals surface area contributed by atoms with Crippen molar-refractivity contribution in [3.8, 4) is 0 Å². The summed E-state index contributed by atoms with van der Waals surface area (Å²) in [4.78, 5) is 0. The average molecular weight is 1350 g/mol. The quantitative estimate of drug-likeness (QED) is 0.142. The van der Waals surface area contributed by atoms with Crippen molar-refractivity contribution in [1.82, 2.24) is 0 Å². The number of aryl methyl sites for hydroxylation is 2. The average Bonchev–Trinajstić information content (AvgIpc) is 0.665. The number of hydrogen-bond acceptors (Lipinski definition) is 0. The Morgan fingerprint density at radius 2 is 0.615 bits per heavy atom. The molecule has 0 spiro atoms. The van der Waals surface area contributed by atoms with Crippen LogP contribution in [0.25, 0.3) is 0 Å². The molecule has 0 amide bonds. The molecular weight excluding hydrogens is 1090 g/mol. The van der Waals surface area contributed by atoms with Crippen molar-refractivity contribution in [2.24, 2.45) is 0 Å². The molecule has 7 aromatic rings. The molecule has 0 aliphatic rings. The van der Waals surface area contributed by atoms with Gasteiger partial charge in [-0.3, -0.25) is 0 Å².